The van der Waals surface area contributed by atoms with Gasteiger partial charge in [-0.3, -0.25) is 0 Å². The minimum absolute atomic E-state index is 0.487. The number of aryl methyl sites for hydroxylation is 3. The minimum atomic E-state index is 0.487. The molecule has 0 aliphatic heterocycles. The highest BCUT2D eigenvalue weighted by atomic mass is 16.5. The summed E-state index contributed by atoms with van der Waals surface area (Å²) in [4.78, 5) is 0. The summed E-state index contributed by atoms with van der Waals surface area (Å²) >= 11 is 0. The first-order valence-corrected chi connectivity index (χ1v) is 12.1. The molecule has 35 heavy (non-hydrogen) atoms. The van der Waals surface area contributed by atoms with Crippen LogP contribution >= 0.6 is 0 Å². The van der Waals surface area contributed by atoms with E-state index in [4.69, 9.17) is 14.2 Å². The lowest BCUT2D eigenvalue weighted by Gasteiger charge is -2.21. The highest BCUT2D eigenvalue weighted by Gasteiger charge is 2.19. The molecule has 0 saturated carbocycles. The van der Waals surface area contributed by atoms with Crippen LogP contribution in [0.25, 0.3) is 22.3 Å². The van der Waals surface area contributed by atoms with Crippen LogP contribution in [0.1, 0.15) is 35.6 Å². The van der Waals surface area contributed by atoms with E-state index in [0.29, 0.717) is 6.61 Å². The van der Waals surface area contributed by atoms with Gasteiger partial charge < -0.3 is 14.2 Å². The van der Waals surface area contributed by atoms with Crippen LogP contribution in [0.3, 0.4) is 0 Å². The summed E-state index contributed by atoms with van der Waals surface area (Å²) in [5.74, 6) is 2.63. The number of hydrogen-bond acceptors (Lipinski definition) is 3. The summed E-state index contributed by atoms with van der Waals surface area (Å²) in [5, 5.41) is 0. The quantitative estimate of drug-likeness (QED) is 0.251. The van der Waals surface area contributed by atoms with Crippen LogP contribution in [0.2, 0.25) is 0 Å². The number of rotatable bonds is 9. The van der Waals surface area contributed by atoms with E-state index in [9.17, 15) is 0 Å². The summed E-state index contributed by atoms with van der Waals surface area (Å²) in [6.07, 6.45) is 1.95. The van der Waals surface area contributed by atoms with Crippen molar-refractivity contribution in [1.82, 2.24) is 0 Å². The largest absolute Gasteiger partial charge is 0.496 e. The predicted molar refractivity (Wildman–Crippen MR) is 143 cm³/mol. The number of ether oxygens (including phenoxy) is 3. The smallest absolute Gasteiger partial charge is 0.135 e. The maximum atomic E-state index is 6.66. The molecule has 0 spiro atoms. The maximum Gasteiger partial charge on any atom is 0.135 e. The van der Waals surface area contributed by atoms with Crippen LogP contribution in [0, 0.1) is 19.9 Å². The van der Waals surface area contributed by atoms with Crippen LogP contribution in [0.5, 0.6) is 17.2 Å². The van der Waals surface area contributed by atoms with E-state index in [0.717, 1.165) is 74.6 Å². The van der Waals surface area contributed by atoms with Crippen LogP contribution in [-0.4, -0.2) is 14.2 Å². The van der Waals surface area contributed by atoms with Crippen molar-refractivity contribution in [2.45, 2.75) is 40.2 Å². The van der Waals surface area contributed by atoms with Gasteiger partial charge in [0.2, 0.25) is 0 Å². The van der Waals surface area contributed by atoms with Gasteiger partial charge in [-0.15, -0.1) is 0 Å². The van der Waals surface area contributed by atoms with Gasteiger partial charge in [0.05, 0.1) is 14.2 Å². The molecule has 0 heterocycles. The van der Waals surface area contributed by atoms with Gasteiger partial charge in [0.1, 0.15) is 23.9 Å². The minimum Gasteiger partial charge on any atom is -0.496 e. The van der Waals surface area contributed by atoms with Crippen molar-refractivity contribution in [3.63, 3.8) is 0 Å². The van der Waals surface area contributed by atoms with Crippen molar-refractivity contribution in [2.24, 2.45) is 0 Å². The number of hydrogen-bond donors (Lipinski definition) is 0. The summed E-state index contributed by atoms with van der Waals surface area (Å²) in [5.41, 5.74) is 8.77. The first kappa shape index (κ1) is 24.4. The van der Waals surface area contributed by atoms with Crippen LogP contribution in [0.15, 0.2) is 72.8 Å². The summed E-state index contributed by atoms with van der Waals surface area (Å²) in [6.45, 7) is 6.82. The third kappa shape index (κ3) is 5.35. The summed E-state index contributed by atoms with van der Waals surface area (Å²) < 4.78 is 17.7. The number of benzene rings is 4. The van der Waals surface area contributed by atoms with Crippen molar-refractivity contribution in [3.05, 3.63) is 101 Å². The van der Waals surface area contributed by atoms with Gasteiger partial charge in [0, 0.05) is 11.1 Å². The molecular formula is C32H33O3. The first-order chi connectivity index (χ1) is 17.0. The average Bonchev–Trinajstić information content (AvgIpc) is 2.88. The molecule has 0 bridgehead atoms. The Morgan fingerprint density at radius 3 is 2.00 bits per heavy atom. The van der Waals surface area contributed by atoms with E-state index >= 15 is 0 Å². The monoisotopic (exact) mass is 465 g/mol. The van der Waals surface area contributed by atoms with E-state index in [1.165, 1.54) is 0 Å². The molecule has 179 valence electrons. The molecular weight excluding hydrogens is 432 g/mol. The second kappa shape index (κ2) is 11.1. The predicted octanol–water partition coefficient (Wildman–Crippen LogP) is 7.99. The third-order valence-electron chi connectivity index (χ3n) is 6.28. The first-order valence-electron chi connectivity index (χ1n) is 12.1. The molecule has 0 aromatic heterocycles. The molecule has 4 aromatic rings. The van der Waals surface area contributed by atoms with Gasteiger partial charge in [0.15, 0.2) is 0 Å². The summed E-state index contributed by atoms with van der Waals surface area (Å²) in [7, 11) is 3.41. The van der Waals surface area contributed by atoms with Crippen LogP contribution in [-0.2, 0) is 13.0 Å². The zero-order valence-corrected chi connectivity index (χ0v) is 21.3. The van der Waals surface area contributed by atoms with Crippen LogP contribution in [0.4, 0.5) is 0 Å². The van der Waals surface area contributed by atoms with Crippen molar-refractivity contribution in [1.29, 1.82) is 0 Å². The van der Waals surface area contributed by atoms with Gasteiger partial charge in [-0.1, -0.05) is 55.8 Å². The van der Waals surface area contributed by atoms with E-state index < -0.39 is 0 Å². The van der Waals surface area contributed by atoms with Crippen molar-refractivity contribution < 1.29 is 14.2 Å². The standard InChI is InChI=1S/C32H33O3/c1-6-10-25-13-16-28(26-14-17-29(33-4)22(2)19-26)32(35-21-24-11-8-7-9-12-24)31(25)27-15-18-30(34-5)23(3)20-27/h7-9,11-12,14-20H,6,10,21H2,1-5H3. The fraction of sp³-hybridized carbons (Fsp3) is 0.250. The molecule has 3 heteroatoms. The van der Waals surface area contributed by atoms with Crippen LogP contribution < -0.4 is 14.2 Å². The SMILES string of the molecule is CCCc1[c]cc(-c2ccc(OC)c(C)c2)c(OCc2ccccc2)c1-c1ccc(OC)c(C)c1. The Balaban J connectivity index is 1.92. The Morgan fingerprint density at radius 1 is 0.771 bits per heavy atom. The summed E-state index contributed by atoms with van der Waals surface area (Å²) in [6, 6.07) is 28.6. The van der Waals surface area contributed by atoms with Gasteiger partial charge in [-0.25, -0.2) is 0 Å². The average molecular weight is 466 g/mol. The Labute approximate surface area is 209 Å². The van der Waals surface area contributed by atoms with Gasteiger partial charge in [-0.05, 0) is 90.0 Å². The number of methoxy groups -OCH3 is 2. The second-order valence-corrected chi connectivity index (χ2v) is 8.78. The molecule has 0 aliphatic rings. The Bertz CT molecular complexity index is 1290. The lowest BCUT2D eigenvalue weighted by molar-refractivity contribution is 0.308. The van der Waals surface area contributed by atoms with Gasteiger partial charge in [-0.2, -0.15) is 0 Å². The van der Waals surface area contributed by atoms with E-state index in [-0.39, 0.29) is 0 Å². The van der Waals surface area contributed by atoms with Crippen molar-refractivity contribution in [2.75, 3.05) is 14.2 Å². The molecule has 0 fully saturated rings. The molecule has 4 aromatic carbocycles. The Hall–Kier alpha value is -3.72. The van der Waals surface area contributed by atoms with Gasteiger partial charge >= 0.3 is 0 Å². The van der Waals surface area contributed by atoms with Crippen molar-refractivity contribution in [3.8, 4) is 39.5 Å². The molecule has 0 atom stereocenters. The fourth-order valence-electron chi connectivity index (χ4n) is 4.50. The molecule has 1 radical (unpaired) electrons. The third-order valence-corrected chi connectivity index (χ3v) is 6.28. The van der Waals surface area contributed by atoms with E-state index in [1.54, 1.807) is 14.2 Å². The molecule has 0 aliphatic carbocycles. The highest BCUT2D eigenvalue weighted by Crippen LogP contribution is 2.43. The molecule has 4 rings (SSSR count). The normalized spacial score (nSPS) is 10.8. The maximum absolute atomic E-state index is 6.66. The fourth-order valence-corrected chi connectivity index (χ4v) is 4.50. The highest BCUT2D eigenvalue weighted by molar-refractivity contribution is 5.85. The molecule has 0 saturated heterocycles. The van der Waals surface area contributed by atoms with E-state index in [2.05, 4.69) is 69.3 Å². The zero-order chi connectivity index (χ0) is 24.8. The lowest BCUT2D eigenvalue weighted by Crippen LogP contribution is -2.03. The Morgan fingerprint density at radius 2 is 1.40 bits per heavy atom. The Kier molecular flexibility index (Phi) is 7.77. The molecule has 0 amide bonds. The van der Waals surface area contributed by atoms with E-state index in [1.807, 2.05) is 30.3 Å². The van der Waals surface area contributed by atoms with Gasteiger partial charge in [0.25, 0.3) is 0 Å². The molecule has 0 N–H and O–H groups in total. The zero-order valence-electron chi connectivity index (χ0n) is 21.3. The molecule has 3 nitrogen and oxygen atoms in total. The molecule has 0 unspecified atom stereocenters. The second-order valence-electron chi connectivity index (χ2n) is 8.78. The van der Waals surface area contributed by atoms with Crippen molar-refractivity contribution >= 4 is 0 Å². The lowest BCUT2D eigenvalue weighted by atomic mass is 9.90. The topological polar surface area (TPSA) is 27.7 Å².